The third-order valence-corrected chi connectivity index (χ3v) is 2.33. The molecule has 0 fully saturated rings. The van der Waals surface area contributed by atoms with E-state index in [1.807, 2.05) is 0 Å². The van der Waals surface area contributed by atoms with Gasteiger partial charge in [-0.3, -0.25) is 9.59 Å². The van der Waals surface area contributed by atoms with Crippen LogP contribution in [-0.2, 0) is 16.0 Å². The van der Waals surface area contributed by atoms with Crippen LogP contribution in [0.2, 0.25) is 0 Å². The first kappa shape index (κ1) is 14.0. The summed E-state index contributed by atoms with van der Waals surface area (Å²) >= 11 is 0. The number of hydrogen-bond donors (Lipinski definition) is 2. The van der Waals surface area contributed by atoms with Gasteiger partial charge >= 0.3 is 11.9 Å². The van der Waals surface area contributed by atoms with Gasteiger partial charge in [0, 0.05) is 6.07 Å². The molecule has 1 rings (SSSR count). The summed E-state index contributed by atoms with van der Waals surface area (Å²) < 4.78 is 38.8. The fourth-order valence-electron chi connectivity index (χ4n) is 1.44. The molecule has 2 N–H and O–H groups in total. The summed E-state index contributed by atoms with van der Waals surface area (Å²) in [4.78, 5) is 21.2. The van der Waals surface area contributed by atoms with Crippen molar-refractivity contribution >= 4 is 11.9 Å². The van der Waals surface area contributed by atoms with Crippen LogP contribution in [0.5, 0.6) is 0 Å². The van der Waals surface area contributed by atoms with Crippen LogP contribution in [-0.4, -0.2) is 22.2 Å². The Hall–Kier alpha value is -2.05. The second-order valence-electron chi connectivity index (χ2n) is 3.69. The molecule has 0 radical (unpaired) electrons. The molecule has 0 spiro atoms. The Bertz CT molecular complexity index is 487. The highest BCUT2D eigenvalue weighted by Crippen LogP contribution is 2.19. The molecule has 0 heterocycles. The highest BCUT2D eigenvalue weighted by atomic mass is 19.2. The molecule has 18 heavy (non-hydrogen) atoms. The minimum atomic E-state index is -1.44. The lowest BCUT2D eigenvalue weighted by Crippen LogP contribution is -2.20. The highest BCUT2D eigenvalue weighted by molar-refractivity contribution is 5.78. The Morgan fingerprint density at radius 1 is 1.06 bits per heavy atom. The van der Waals surface area contributed by atoms with Crippen LogP contribution in [0.3, 0.4) is 0 Å². The lowest BCUT2D eigenvalue weighted by Gasteiger charge is -2.10. The number of aliphatic carboxylic acids is 2. The maximum absolute atomic E-state index is 13.2. The van der Waals surface area contributed by atoms with Gasteiger partial charge in [0.2, 0.25) is 0 Å². The van der Waals surface area contributed by atoms with Crippen LogP contribution in [0.25, 0.3) is 0 Å². The first-order valence-corrected chi connectivity index (χ1v) is 4.89. The lowest BCUT2D eigenvalue weighted by atomic mass is 9.96. The number of rotatable bonds is 5. The molecule has 0 amide bonds. The largest absolute Gasteiger partial charge is 0.481 e. The molecule has 98 valence electrons. The third kappa shape index (κ3) is 3.47. The topological polar surface area (TPSA) is 74.6 Å². The summed E-state index contributed by atoms with van der Waals surface area (Å²) in [5, 5.41) is 17.2. The Balaban J connectivity index is 2.97. The number of halogens is 3. The number of carboxylic acid groups (broad SMARTS) is 2. The van der Waals surface area contributed by atoms with Gasteiger partial charge in [-0.15, -0.1) is 0 Å². The summed E-state index contributed by atoms with van der Waals surface area (Å²) in [7, 11) is 0. The Morgan fingerprint density at radius 3 is 2.11 bits per heavy atom. The summed E-state index contributed by atoms with van der Waals surface area (Å²) in [6, 6.07) is 0.826. The zero-order valence-electron chi connectivity index (χ0n) is 8.99. The first-order chi connectivity index (χ1) is 8.31. The van der Waals surface area contributed by atoms with Gasteiger partial charge in [-0.1, -0.05) is 0 Å². The predicted octanol–water partition coefficient (Wildman–Crippen LogP) is 1.82. The summed E-state index contributed by atoms with van der Waals surface area (Å²) in [6.07, 6.45) is -1.25. The van der Waals surface area contributed by atoms with Crippen LogP contribution in [0.4, 0.5) is 13.2 Å². The van der Waals surface area contributed by atoms with Gasteiger partial charge in [0.1, 0.15) is 5.82 Å². The molecule has 1 aromatic carbocycles. The van der Waals surface area contributed by atoms with E-state index in [0.717, 1.165) is 0 Å². The second kappa shape index (κ2) is 5.52. The molecule has 0 aliphatic carbocycles. The van der Waals surface area contributed by atoms with Crippen molar-refractivity contribution in [3.8, 4) is 0 Å². The maximum atomic E-state index is 13.2. The minimum absolute atomic E-state index is 0.296. The molecule has 0 aromatic heterocycles. The van der Waals surface area contributed by atoms with Gasteiger partial charge in [-0.2, -0.15) is 0 Å². The Labute approximate surface area is 99.7 Å². The van der Waals surface area contributed by atoms with Crippen LogP contribution >= 0.6 is 0 Å². The lowest BCUT2D eigenvalue weighted by molar-refractivity contribution is -0.148. The number of carboxylic acids is 2. The summed E-state index contributed by atoms with van der Waals surface area (Å²) in [5.74, 6) is -8.02. The summed E-state index contributed by atoms with van der Waals surface area (Å²) in [5.41, 5.74) is -0.373. The SMILES string of the molecule is O=C(O)C[C@@H](Cc1cc(F)c(F)cc1F)C(=O)O. The van der Waals surface area contributed by atoms with Crippen molar-refractivity contribution in [2.45, 2.75) is 12.8 Å². The third-order valence-electron chi connectivity index (χ3n) is 2.33. The average molecular weight is 262 g/mol. The number of benzene rings is 1. The predicted molar refractivity (Wildman–Crippen MR) is 53.4 cm³/mol. The van der Waals surface area contributed by atoms with Crippen molar-refractivity contribution in [2.24, 2.45) is 5.92 Å². The highest BCUT2D eigenvalue weighted by Gasteiger charge is 2.23. The zero-order valence-corrected chi connectivity index (χ0v) is 8.99. The van der Waals surface area contributed by atoms with Crippen molar-refractivity contribution in [3.05, 3.63) is 35.1 Å². The number of carbonyl (C=O) groups is 2. The first-order valence-electron chi connectivity index (χ1n) is 4.89. The molecule has 0 aliphatic heterocycles. The van der Waals surface area contributed by atoms with E-state index in [-0.39, 0.29) is 5.56 Å². The molecule has 7 heteroatoms. The zero-order chi connectivity index (χ0) is 13.9. The smallest absolute Gasteiger partial charge is 0.307 e. The van der Waals surface area contributed by atoms with Crippen molar-refractivity contribution in [3.63, 3.8) is 0 Å². The van der Waals surface area contributed by atoms with Gasteiger partial charge in [0.15, 0.2) is 11.6 Å². The van der Waals surface area contributed by atoms with Crippen LogP contribution in [0.15, 0.2) is 12.1 Å². The molecule has 0 aliphatic rings. The quantitative estimate of drug-likeness (QED) is 0.794. The van der Waals surface area contributed by atoms with Crippen LogP contribution in [0.1, 0.15) is 12.0 Å². The fourth-order valence-corrected chi connectivity index (χ4v) is 1.44. The standard InChI is InChI=1S/C11H9F3O4/c12-7-4-9(14)8(13)2-5(7)1-6(11(17)18)3-10(15)16/h2,4,6H,1,3H2,(H,15,16)(H,17,18)/t6-/m1/s1. The molecular weight excluding hydrogens is 253 g/mol. The normalized spacial score (nSPS) is 12.2. The van der Waals surface area contributed by atoms with Crippen LogP contribution in [0, 0.1) is 23.4 Å². The van der Waals surface area contributed by atoms with Crippen molar-refractivity contribution in [2.75, 3.05) is 0 Å². The molecule has 0 saturated carbocycles. The van der Waals surface area contributed by atoms with E-state index in [4.69, 9.17) is 10.2 Å². The van der Waals surface area contributed by atoms with Gasteiger partial charge < -0.3 is 10.2 Å². The maximum Gasteiger partial charge on any atom is 0.307 e. The van der Waals surface area contributed by atoms with Crippen LogP contribution < -0.4 is 0 Å². The van der Waals surface area contributed by atoms with Crippen molar-refractivity contribution in [1.29, 1.82) is 0 Å². The fraction of sp³-hybridized carbons (Fsp3) is 0.273. The van der Waals surface area contributed by atoms with E-state index in [9.17, 15) is 22.8 Å². The van der Waals surface area contributed by atoms with Gasteiger partial charge in [-0.25, -0.2) is 13.2 Å². The molecule has 0 bridgehead atoms. The molecule has 0 saturated heterocycles. The van der Waals surface area contributed by atoms with Crippen molar-refractivity contribution in [1.82, 2.24) is 0 Å². The second-order valence-corrected chi connectivity index (χ2v) is 3.69. The monoisotopic (exact) mass is 262 g/mol. The van der Waals surface area contributed by atoms with E-state index < -0.39 is 48.1 Å². The Kier molecular flexibility index (Phi) is 4.30. The molecule has 1 atom stereocenters. The average Bonchev–Trinajstić information content (AvgIpc) is 2.23. The molecule has 4 nitrogen and oxygen atoms in total. The molecular formula is C11H9F3O4. The van der Waals surface area contributed by atoms with E-state index in [1.54, 1.807) is 0 Å². The number of hydrogen-bond acceptors (Lipinski definition) is 2. The van der Waals surface area contributed by atoms with E-state index in [1.165, 1.54) is 0 Å². The van der Waals surface area contributed by atoms with Crippen molar-refractivity contribution < 1.29 is 33.0 Å². The van der Waals surface area contributed by atoms with E-state index in [0.29, 0.717) is 12.1 Å². The summed E-state index contributed by atoms with van der Waals surface area (Å²) in [6.45, 7) is 0. The molecule has 0 unspecified atom stereocenters. The molecule has 1 aromatic rings. The van der Waals surface area contributed by atoms with E-state index in [2.05, 4.69) is 0 Å². The van der Waals surface area contributed by atoms with Gasteiger partial charge in [0.25, 0.3) is 0 Å². The van der Waals surface area contributed by atoms with Gasteiger partial charge in [0.05, 0.1) is 12.3 Å². The van der Waals surface area contributed by atoms with E-state index >= 15 is 0 Å². The minimum Gasteiger partial charge on any atom is -0.481 e. The Morgan fingerprint density at radius 2 is 1.61 bits per heavy atom. The van der Waals surface area contributed by atoms with Gasteiger partial charge in [-0.05, 0) is 18.1 Å².